The van der Waals surface area contributed by atoms with Gasteiger partial charge in [-0.25, -0.2) is 8.78 Å². The van der Waals surface area contributed by atoms with Crippen molar-refractivity contribution in [1.82, 2.24) is 9.78 Å². The molecule has 0 amide bonds. The van der Waals surface area contributed by atoms with Gasteiger partial charge in [0.15, 0.2) is 0 Å². The van der Waals surface area contributed by atoms with Crippen molar-refractivity contribution in [2.24, 2.45) is 0 Å². The average Bonchev–Trinajstić information content (AvgIpc) is 2.99. The van der Waals surface area contributed by atoms with E-state index in [4.69, 9.17) is 0 Å². The van der Waals surface area contributed by atoms with E-state index in [1.165, 1.54) is 12.1 Å². The second kappa shape index (κ2) is 6.21. The summed E-state index contributed by atoms with van der Waals surface area (Å²) in [6.45, 7) is 3.80. The van der Waals surface area contributed by atoms with Crippen LogP contribution >= 0.6 is 0 Å². The van der Waals surface area contributed by atoms with E-state index in [1.807, 2.05) is 29.8 Å². The SMILES string of the molecule is CC#Cc1cccc2c1cnn2C(C)c1ccc(C(F)F)cc1. The van der Waals surface area contributed by atoms with Gasteiger partial charge in [0, 0.05) is 16.5 Å². The summed E-state index contributed by atoms with van der Waals surface area (Å²) >= 11 is 0. The van der Waals surface area contributed by atoms with E-state index in [-0.39, 0.29) is 11.6 Å². The quantitative estimate of drug-likeness (QED) is 0.626. The van der Waals surface area contributed by atoms with Crippen LogP contribution in [0.15, 0.2) is 48.7 Å². The topological polar surface area (TPSA) is 17.8 Å². The lowest BCUT2D eigenvalue weighted by Crippen LogP contribution is -2.08. The first-order valence-corrected chi connectivity index (χ1v) is 7.39. The molecule has 0 fully saturated rings. The molecule has 0 aliphatic rings. The minimum Gasteiger partial charge on any atom is -0.258 e. The Morgan fingerprint density at radius 2 is 1.74 bits per heavy atom. The lowest BCUT2D eigenvalue weighted by molar-refractivity contribution is 0.151. The molecule has 2 aromatic carbocycles. The summed E-state index contributed by atoms with van der Waals surface area (Å²) in [6, 6.07) is 12.3. The fourth-order valence-electron chi connectivity index (χ4n) is 2.68. The molecule has 3 aromatic rings. The summed E-state index contributed by atoms with van der Waals surface area (Å²) in [5.41, 5.74) is 2.89. The Morgan fingerprint density at radius 3 is 2.39 bits per heavy atom. The number of aromatic nitrogens is 2. The highest BCUT2D eigenvalue weighted by Crippen LogP contribution is 2.26. The van der Waals surface area contributed by atoms with Crippen LogP contribution in [0.2, 0.25) is 0 Å². The minimum absolute atomic E-state index is 0.0341. The third-order valence-electron chi connectivity index (χ3n) is 3.94. The molecule has 0 radical (unpaired) electrons. The molecule has 0 saturated heterocycles. The standard InChI is InChI=1S/C19H16F2N2/c1-3-5-15-6-4-7-18-17(15)12-22-23(18)13(2)14-8-10-16(11-9-14)19(20)21/h4,6-13,19H,1-2H3. The molecule has 0 aliphatic heterocycles. The number of rotatable bonds is 3. The Hall–Kier alpha value is -2.67. The second-order valence-corrected chi connectivity index (χ2v) is 5.35. The van der Waals surface area contributed by atoms with Crippen molar-refractivity contribution in [3.8, 4) is 11.8 Å². The summed E-state index contributed by atoms with van der Waals surface area (Å²) in [5.74, 6) is 5.98. The van der Waals surface area contributed by atoms with Crippen LogP contribution in [0.4, 0.5) is 8.78 Å². The third kappa shape index (κ3) is 2.83. The molecule has 0 saturated carbocycles. The first kappa shape index (κ1) is 15.2. The van der Waals surface area contributed by atoms with Crippen LogP contribution in [-0.2, 0) is 0 Å². The fraction of sp³-hybridized carbons (Fsp3) is 0.211. The van der Waals surface area contributed by atoms with Gasteiger partial charge in [0.25, 0.3) is 6.43 Å². The Morgan fingerprint density at radius 1 is 1.04 bits per heavy atom. The van der Waals surface area contributed by atoms with Crippen LogP contribution in [0.1, 0.15) is 43.0 Å². The van der Waals surface area contributed by atoms with Crippen LogP contribution in [0.5, 0.6) is 0 Å². The molecule has 0 spiro atoms. The zero-order chi connectivity index (χ0) is 16.4. The van der Waals surface area contributed by atoms with E-state index < -0.39 is 6.43 Å². The number of halogens is 2. The van der Waals surface area contributed by atoms with Gasteiger partial charge in [-0.1, -0.05) is 36.3 Å². The molecule has 4 heteroatoms. The maximum atomic E-state index is 12.7. The molecule has 116 valence electrons. The Kier molecular flexibility index (Phi) is 4.12. The summed E-state index contributed by atoms with van der Waals surface area (Å²) in [6.07, 6.45) is -0.640. The van der Waals surface area contributed by atoms with Crippen molar-refractivity contribution in [3.05, 3.63) is 65.4 Å². The molecule has 0 bridgehead atoms. The van der Waals surface area contributed by atoms with Crippen molar-refractivity contribution < 1.29 is 8.78 Å². The first-order valence-electron chi connectivity index (χ1n) is 7.39. The minimum atomic E-state index is -2.44. The lowest BCUT2D eigenvalue weighted by Gasteiger charge is -2.14. The van der Waals surface area contributed by atoms with Crippen LogP contribution < -0.4 is 0 Å². The zero-order valence-corrected chi connectivity index (χ0v) is 12.9. The summed E-state index contributed by atoms with van der Waals surface area (Å²) in [5, 5.41) is 5.47. The van der Waals surface area contributed by atoms with Gasteiger partial charge in [0.1, 0.15) is 0 Å². The van der Waals surface area contributed by atoms with E-state index in [0.29, 0.717) is 0 Å². The lowest BCUT2D eigenvalue weighted by atomic mass is 10.1. The molecule has 1 atom stereocenters. The van der Waals surface area contributed by atoms with E-state index in [9.17, 15) is 8.78 Å². The van der Waals surface area contributed by atoms with Gasteiger partial charge in [-0.15, -0.1) is 5.92 Å². The Balaban J connectivity index is 2.02. The molecular formula is C19H16F2N2. The average molecular weight is 310 g/mol. The number of hydrogen-bond acceptors (Lipinski definition) is 1. The van der Waals surface area contributed by atoms with E-state index in [2.05, 4.69) is 16.9 Å². The number of alkyl halides is 2. The van der Waals surface area contributed by atoms with Gasteiger partial charge in [-0.05, 0) is 31.5 Å². The summed E-state index contributed by atoms with van der Waals surface area (Å²) < 4.78 is 27.2. The number of benzene rings is 2. The molecule has 1 heterocycles. The number of hydrogen-bond donors (Lipinski definition) is 0. The van der Waals surface area contributed by atoms with E-state index >= 15 is 0 Å². The summed E-state index contributed by atoms with van der Waals surface area (Å²) in [7, 11) is 0. The number of fused-ring (bicyclic) bond motifs is 1. The smallest absolute Gasteiger partial charge is 0.258 e. The monoisotopic (exact) mass is 310 g/mol. The van der Waals surface area contributed by atoms with Crippen molar-refractivity contribution >= 4 is 10.9 Å². The molecule has 0 aliphatic carbocycles. The number of nitrogens with zero attached hydrogens (tertiary/aromatic N) is 2. The predicted molar refractivity (Wildman–Crippen MR) is 87.5 cm³/mol. The van der Waals surface area contributed by atoms with E-state index in [1.54, 1.807) is 25.3 Å². The van der Waals surface area contributed by atoms with Crippen LogP contribution in [0, 0.1) is 11.8 Å². The van der Waals surface area contributed by atoms with Gasteiger partial charge in [-0.3, -0.25) is 4.68 Å². The fourth-order valence-corrected chi connectivity index (χ4v) is 2.68. The van der Waals surface area contributed by atoms with Crippen LogP contribution in [-0.4, -0.2) is 9.78 Å². The van der Waals surface area contributed by atoms with Gasteiger partial charge < -0.3 is 0 Å². The molecule has 23 heavy (non-hydrogen) atoms. The van der Waals surface area contributed by atoms with Crippen molar-refractivity contribution in [2.45, 2.75) is 26.3 Å². The third-order valence-corrected chi connectivity index (χ3v) is 3.94. The van der Waals surface area contributed by atoms with Gasteiger partial charge >= 0.3 is 0 Å². The molecule has 2 nitrogen and oxygen atoms in total. The van der Waals surface area contributed by atoms with Crippen molar-refractivity contribution in [1.29, 1.82) is 0 Å². The van der Waals surface area contributed by atoms with Crippen LogP contribution in [0.3, 0.4) is 0 Å². The highest BCUT2D eigenvalue weighted by atomic mass is 19.3. The van der Waals surface area contributed by atoms with Gasteiger partial charge in [0.05, 0.1) is 17.8 Å². The highest BCUT2D eigenvalue weighted by Gasteiger charge is 2.14. The largest absolute Gasteiger partial charge is 0.263 e. The zero-order valence-electron chi connectivity index (χ0n) is 12.9. The van der Waals surface area contributed by atoms with Gasteiger partial charge in [0.2, 0.25) is 0 Å². The first-order chi connectivity index (χ1) is 11.1. The van der Waals surface area contributed by atoms with Crippen molar-refractivity contribution in [3.63, 3.8) is 0 Å². The summed E-state index contributed by atoms with van der Waals surface area (Å²) in [4.78, 5) is 0. The Bertz CT molecular complexity index is 883. The second-order valence-electron chi connectivity index (χ2n) is 5.35. The highest BCUT2D eigenvalue weighted by molar-refractivity contribution is 5.85. The predicted octanol–water partition coefficient (Wildman–Crippen LogP) is 4.95. The normalized spacial score (nSPS) is 12.2. The van der Waals surface area contributed by atoms with Gasteiger partial charge in [-0.2, -0.15) is 5.10 Å². The molecule has 0 N–H and O–H groups in total. The van der Waals surface area contributed by atoms with E-state index in [0.717, 1.165) is 22.0 Å². The molecule has 3 rings (SSSR count). The molecular weight excluding hydrogens is 294 g/mol. The maximum Gasteiger partial charge on any atom is 0.263 e. The molecule has 1 aromatic heterocycles. The Labute approximate surface area is 133 Å². The molecule has 1 unspecified atom stereocenters. The van der Waals surface area contributed by atoms with Crippen molar-refractivity contribution in [2.75, 3.05) is 0 Å². The van der Waals surface area contributed by atoms with Crippen LogP contribution in [0.25, 0.3) is 10.9 Å². The maximum absolute atomic E-state index is 12.7.